The van der Waals surface area contributed by atoms with E-state index in [-0.39, 0.29) is 24.5 Å². The second-order valence-corrected chi connectivity index (χ2v) is 8.94. The first-order valence-corrected chi connectivity index (χ1v) is 10.7. The third-order valence-electron chi connectivity index (χ3n) is 4.99. The van der Waals surface area contributed by atoms with Crippen molar-refractivity contribution in [2.24, 2.45) is 0 Å². The molecule has 30 heavy (non-hydrogen) atoms. The van der Waals surface area contributed by atoms with Crippen LogP contribution >= 0.6 is 0 Å². The van der Waals surface area contributed by atoms with E-state index in [9.17, 15) is 18.3 Å². The number of sulfone groups is 1. The van der Waals surface area contributed by atoms with E-state index in [4.69, 9.17) is 19.4 Å². The van der Waals surface area contributed by atoms with Crippen LogP contribution in [0.25, 0.3) is 0 Å². The third-order valence-corrected chi connectivity index (χ3v) is 7.29. The molecule has 162 valence electrons. The lowest BCUT2D eigenvalue weighted by molar-refractivity contribution is -0.161. The van der Waals surface area contributed by atoms with Gasteiger partial charge in [0, 0.05) is 12.2 Å². The van der Waals surface area contributed by atoms with Gasteiger partial charge in [-0.2, -0.15) is 0 Å². The molecule has 1 aliphatic rings. The first-order valence-electron chi connectivity index (χ1n) is 9.16. The lowest BCUT2D eigenvalue weighted by atomic mass is 9.95. The zero-order valence-corrected chi connectivity index (χ0v) is 17.1. The van der Waals surface area contributed by atoms with Gasteiger partial charge in [-0.25, -0.2) is 13.9 Å². The number of benzene rings is 2. The molecule has 1 saturated heterocycles. The largest absolute Gasteiger partial charge is 0.496 e. The standard InChI is InChI=1S/C20H23NO8S/c1-27-17-5-3-2-4-14(17)12-29-15-6-8-16(9-7-15)30(25,26)18-10-11-28-13-20(18,23)19(22)21-24/h2-9,18,23-24H,10-13H2,1H3,(H,21,22). The van der Waals surface area contributed by atoms with Crippen LogP contribution in [-0.4, -0.2) is 55.8 Å². The molecule has 10 heteroatoms. The Labute approximate surface area is 174 Å². The van der Waals surface area contributed by atoms with Crippen LogP contribution in [0.5, 0.6) is 11.5 Å². The van der Waals surface area contributed by atoms with Crippen LogP contribution in [0, 0.1) is 0 Å². The van der Waals surface area contributed by atoms with E-state index in [2.05, 4.69) is 0 Å². The molecule has 2 aromatic rings. The summed E-state index contributed by atoms with van der Waals surface area (Å²) in [6.07, 6.45) is -0.0989. The minimum Gasteiger partial charge on any atom is -0.496 e. The molecule has 1 heterocycles. The molecule has 2 atom stereocenters. The molecule has 0 spiro atoms. The number of nitrogens with one attached hydrogen (secondary N) is 1. The molecule has 1 amide bonds. The van der Waals surface area contributed by atoms with Crippen LogP contribution in [0.1, 0.15) is 12.0 Å². The molecule has 1 fully saturated rings. The fourth-order valence-electron chi connectivity index (χ4n) is 3.34. The first kappa shape index (κ1) is 22.0. The molecule has 9 nitrogen and oxygen atoms in total. The van der Waals surface area contributed by atoms with E-state index in [1.807, 2.05) is 24.3 Å². The topological polar surface area (TPSA) is 131 Å². The SMILES string of the molecule is COc1ccccc1COc1ccc(S(=O)(=O)C2CCOCC2(O)C(=O)NO)cc1. The highest BCUT2D eigenvalue weighted by atomic mass is 32.2. The van der Waals surface area contributed by atoms with Crippen LogP contribution < -0.4 is 15.0 Å². The maximum absolute atomic E-state index is 13.1. The van der Waals surface area contributed by atoms with Gasteiger partial charge in [-0.15, -0.1) is 0 Å². The summed E-state index contributed by atoms with van der Waals surface area (Å²) in [5.74, 6) is -0.111. The minimum absolute atomic E-state index is 0.0605. The van der Waals surface area contributed by atoms with E-state index in [0.717, 1.165) is 5.56 Å². The number of hydroxylamine groups is 1. The van der Waals surface area contributed by atoms with Gasteiger partial charge < -0.3 is 19.3 Å². The summed E-state index contributed by atoms with van der Waals surface area (Å²) in [5, 5.41) is 18.0. The van der Waals surface area contributed by atoms with Crippen LogP contribution in [-0.2, 0) is 26.0 Å². The van der Waals surface area contributed by atoms with Gasteiger partial charge in [-0.3, -0.25) is 10.0 Å². The monoisotopic (exact) mass is 437 g/mol. The summed E-state index contributed by atoms with van der Waals surface area (Å²) in [5.41, 5.74) is -0.250. The predicted molar refractivity (Wildman–Crippen MR) is 105 cm³/mol. The van der Waals surface area contributed by atoms with Crippen molar-refractivity contribution in [1.82, 2.24) is 5.48 Å². The molecule has 2 unspecified atom stereocenters. The van der Waals surface area contributed by atoms with Gasteiger partial charge in [0.1, 0.15) is 23.4 Å². The number of carbonyl (C=O) groups is 1. The highest BCUT2D eigenvalue weighted by molar-refractivity contribution is 7.92. The number of para-hydroxylation sites is 1. The molecule has 0 saturated carbocycles. The van der Waals surface area contributed by atoms with E-state index < -0.39 is 33.2 Å². The second-order valence-electron chi connectivity index (χ2n) is 6.81. The van der Waals surface area contributed by atoms with E-state index in [1.165, 1.54) is 29.7 Å². The van der Waals surface area contributed by atoms with Crippen molar-refractivity contribution in [3.8, 4) is 11.5 Å². The quantitative estimate of drug-likeness (QED) is 0.433. The summed E-state index contributed by atoms with van der Waals surface area (Å²) >= 11 is 0. The van der Waals surface area contributed by atoms with Gasteiger partial charge in [-0.05, 0) is 36.8 Å². The summed E-state index contributed by atoms with van der Waals surface area (Å²) in [6.45, 7) is -0.249. The minimum atomic E-state index is -4.10. The number of hydrogen-bond acceptors (Lipinski definition) is 8. The lowest BCUT2D eigenvalue weighted by Crippen LogP contribution is -2.62. The molecule has 0 aliphatic carbocycles. The maximum atomic E-state index is 13.1. The average molecular weight is 437 g/mol. The zero-order valence-electron chi connectivity index (χ0n) is 16.3. The fourth-order valence-corrected chi connectivity index (χ4v) is 5.28. The van der Waals surface area contributed by atoms with Gasteiger partial charge in [0.2, 0.25) is 0 Å². The van der Waals surface area contributed by atoms with E-state index in [0.29, 0.717) is 11.5 Å². The molecular formula is C20H23NO8S. The molecular weight excluding hydrogens is 414 g/mol. The Hall–Kier alpha value is -2.66. The van der Waals surface area contributed by atoms with E-state index in [1.54, 1.807) is 7.11 Å². The molecule has 1 aliphatic heterocycles. The Morgan fingerprint density at radius 1 is 1.23 bits per heavy atom. The van der Waals surface area contributed by atoms with Crippen molar-refractivity contribution >= 4 is 15.7 Å². The molecule has 3 rings (SSSR count). The summed E-state index contributed by atoms with van der Waals surface area (Å²) < 4.78 is 42.2. The van der Waals surface area contributed by atoms with Crippen LogP contribution in [0.2, 0.25) is 0 Å². The van der Waals surface area contributed by atoms with Crippen molar-refractivity contribution in [1.29, 1.82) is 0 Å². The number of carbonyl (C=O) groups excluding carboxylic acids is 1. The number of methoxy groups -OCH3 is 1. The molecule has 2 aromatic carbocycles. The maximum Gasteiger partial charge on any atom is 0.279 e. The Morgan fingerprint density at radius 2 is 1.93 bits per heavy atom. The predicted octanol–water partition coefficient (Wildman–Crippen LogP) is 1.07. The number of hydrogen-bond donors (Lipinski definition) is 3. The molecule has 0 radical (unpaired) electrons. The molecule has 0 aromatic heterocycles. The Balaban J connectivity index is 1.78. The number of amides is 1. The van der Waals surface area contributed by atoms with Crippen molar-refractivity contribution in [2.75, 3.05) is 20.3 Å². The molecule has 3 N–H and O–H groups in total. The average Bonchev–Trinajstić information content (AvgIpc) is 2.77. The number of rotatable bonds is 7. The summed E-state index contributed by atoms with van der Waals surface area (Å²) in [4.78, 5) is 11.8. The highest BCUT2D eigenvalue weighted by Gasteiger charge is 2.53. The Bertz CT molecular complexity index is 992. The third kappa shape index (κ3) is 4.26. The zero-order chi connectivity index (χ0) is 21.8. The van der Waals surface area contributed by atoms with Gasteiger partial charge in [-0.1, -0.05) is 18.2 Å². The number of aliphatic hydroxyl groups is 1. The van der Waals surface area contributed by atoms with E-state index >= 15 is 0 Å². The lowest BCUT2D eigenvalue weighted by Gasteiger charge is -2.36. The first-order chi connectivity index (χ1) is 14.3. The van der Waals surface area contributed by atoms with Crippen molar-refractivity contribution in [3.63, 3.8) is 0 Å². The second kappa shape index (κ2) is 9.00. The Kier molecular flexibility index (Phi) is 6.61. The van der Waals surface area contributed by atoms with Crippen molar-refractivity contribution < 1.29 is 37.7 Å². The summed E-state index contributed by atoms with van der Waals surface area (Å²) in [7, 11) is -2.53. The van der Waals surface area contributed by atoms with Gasteiger partial charge in [0.25, 0.3) is 5.91 Å². The smallest absolute Gasteiger partial charge is 0.279 e. The summed E-state index contributed by atoms with van der Waals surface area (Å²) in [6, 6.07) is 13.0. The normalized spacial score (nSPS) is 21.6. The number of ether oxygens (including phenoxy) is 3. The van der Waals surface area contributed by atoms with Gasteiger partial charge >= 0.3 is 0 Å². The highest BCUT2D eigenvalue weighted by Crippen LogP contribution is 2.32. The van der Waals surface area contributed by atoms with Gasteiger partial charge in [0.05, 0.1) is 18.6 Å². The van der Waals surface area contributed by atoms with Crippen LogP contribution in [0.15, 0.2) is 53.4 Å². The van der Waals surface area contributed by atoms with Crippen molar-refractivity contribution in [3.05, 3.63) is 54.1 Å². The van der Waals surface area contributed by atoms with Gasteiger partial charge in [0.15, 0.2) is 15.4 Å². The molecule has 0 bridgehead atoms. The van der Waals surface area contributed by atoms with Crippen LogP contribution in [0.3, 0.4) is 0 Å². The fraction of sp³-hybridized carbons (Fsp3) is 0.350. The van der Waals surface area contributed by atoms with Crippen molar-refractivity contribution in [2.45, 2.75) is 28.8 Å². The van der Waals surface area contributed by atoms with Crippen LogP contribution in [0.4, 0.5) is 0 Å². The Morgan fingerprint density at radius 3 is 2.60 bits per heavy atom.